The largest absolute Gasteiger partial charge is 0.468 e. The summed E-state index contributed by atoms with van der Waals surface area (Å²) in [6.07, 6.45) is 0. The third kappa shape index (κ3) is 0.984. The van der Waals surface area contributed by atoms with Gasteiger partial charge in [-0.2, -0.15) is 0 Å². The highest BCUT2D eigenvalue weighted by Crippen LogP contribution is 2.22. The van der Waals surface area contributed by atoms with Gasteiger partial charge in [0.25, 0.3) is 0 Å². The lowest BCUT2D eigenvalue weighted by Gasteiger charge is -1.92. The Hall–Kier alpha value is -0.140. The first-order chi connectivity index (χ1) is 3.75. The van der Waals surface area contributed by atoms with Gasteiger partial charge >= 0.3 is 5.97 Å². The molecular formula is C4H10NO2P. The van der Waals surface area contributed by atoms with Crippen molar-refractivity contribution in [3.63, 3.8) is 0 Å². The van der Waals surface area contributed by atoms with Crippen molar-refractivity contribution in [1.29, 1.82) is 0 Å². The van der Waals surface area contributed by atoms with E-state index < -0.39 is 0 Å². The molecule has 1 heterocycles. The van der Waals surface area contributed by atoms with E-state index in [2.05, 4.69) is 14.1 Å². The number of esters is 1. The van der Waals surface area contributed by atoms with Crippen LogP contribution in [0.15, 0.2) is 0 Å². The number of carbonyl (C=O) groups is 1. The van der Waals surface area contributed by atoms with Gasteiger partial charge in [-0.15, -0.1) is 0 Å². The molecule has 0 saturated carbocycles. The van der Waals surface area contributed by atoms with Crippen molar-refractivity contribution < 1.29 is 11.0 Å². The van der Waals surface area contributed by atoms with Crippen molar-refractivity contribution in [2.45, 2.75) is 6.04 Å². The fraction of sp³-hybridized carbons (Fsp3) is 0.750. The number of ether oxygens (including phenoxy) is 1. The molecule has 1 rings (SSSR count). The Labute approximate surface area is 51.7 Å². The van der Waals surface area contributed by atoms with E-state index in [1.165, 1.54) is 7.11 Å². The first kappa shape index (κ1) is 5.99. The van der Waals surface area contributed by atoms with Crippen molar-refractivity contribution in [3.05, 3.63) is 0 Å². The second kappa shape index (κ2) is 2.00. The van der Waals surface area contributed by atoms with Crippen LogP contribution in [-0.4, -0.2) is 30.3 Å². The van der Waals surface area contributed by atoms with Gasteiger partial charge in [0.15, 0.2) is 0 Å². The summed E-state index contributed by atoms with van der Waals surface area (Å²) in [7, 11) is 3.84. The summed E-state index contributed by atoms with van der Waals surface area (Å²) in [6.45, 7) is 0.817. The molecule has 0 amide bonds. The van der Waals surface area contributed by atoms with Gasteiger partial charge in [0.2, 0.25) is 0 Å². The van der Waals surface area contributed by atoms with Gasteiger partial charge in [-0.05, 0) is 0 Å². The van der Waals surface area contributed by atoms with Crippen molar-refractivity contribution in [2.75, 3.05) is 13.7 Å². The summed E-state index contributed by atoms with van der Waals surface area (Å²) >= 11 is 0. The lowest BCUT2D eigenvalue weighted by atomic mass is 10.5. The van der Waals surface area contributed by atoms with Gasteiger partial charge in [-0.1, -0.05) is 9.39 Å². The average molecular weight is 136 g/mol. The van der Waals surface area contributed by atoms with Crippen LogP contribution in [0.2, 0.25) is 0 Å². The Bertz CT molecular complexity index is 121. The SMILES string of the molecule is COC(=O)C1CN1P.[2HH]. The molecule has 1 saturated heterocycles. The van der Waals surface area contributed by atoms with Crippen LogP contribution in [0.4, 0.5) is 0 Å². The Morgan fingerprint density at radius 3 is 2.75 bits per heavy atom. The number of nitrogens with zero attached hydrogens (tertiary/aromatic N) is 1. The molecule has 0 bridgehead atoms. The van der Waals surface area contributed by atoms with E-state index in [0.717, 1.165) is 6.54 Å². The fourth-order valence-electron chi connectivity index (χ4n) is 0.499. The second-order valence-electron chi connectivity index (χ2n) is 1.74. The number of hydrogen-bond donors (Lipinski definition) is 0. The highest BCUT2D eigenvalue weighted by atomic mass is 31.0. The molecule has 1 fully saturated rings. The molecule has 3 unspecified atom stereocenters. The first-order valence-electron chi connectivity index (χ1n) is 2.35. The highest BCUT2D eigenvalue weighted by molar-refractivity contribution is 7.14. The zero-order valence-corrected chi connectivity index (χ0v) is 5.78. The van der Waals surface area contributed by atoms with Crippen LogP contribution in [0.3, 0.4) is 0 Å². The molecule has 0 aromatic rings. The standard InChI is InChI=1S/C4H8NO2P.H2/c1-7-4(6)3-2-5(3)8;/h3H,2,8H2,1H3;1H/i;1+1. The minimum absolute atomic E-state index is 0. The summed E-state index contributed by atoms with van der Waals surface area (Å²) in [5.74, 6) is -0.139. The maximum atomic E-state index is 10.5. The summed E-state index contributed by atoms with van der Waals surface area (Å²) in [4.78, 5) is 10.5. The van der Waals surface area contributed by atoms with Crippen LogP contribution < -0.4 is 0 Å². The number of rotatable bonds is 1. The van der Waals surface area contributed by atoms with E-state index in [9.17, 15) is 4.79 Å². The predicted molar refractivity (Wildman–Crippen MR) is 34.3 cm³/mol. The lowest BCUT2D eigenvalue weighted by molar-refractivity contribution is -0.140. The van der Waals surface area contributed by atoms with Crippen molar-refractivity contribution >= 4 is 15.4 Å². The van der Waals surface area contributed by atoms with E-state index in [0.29, 0.717) is 0 Å². The zero-order chi connectivity index (χ0) is 6.15. The van der Waals surface area contributed by atoms with Crippen LogP contribution in [0.5, 0.6) is 0 Å². The van der Waals surface area contributed by atoms with E-state index in [4.69, 9.17) is 0 Å². The molecule has 0 N–H and O–H groups in total. The maximum absolute atomic E-state index is 10.5. The van der Waals surface area contributed by atoms with Gasteiger partial charge in [0.1, 0.15) is 6.04 Å². The van der Waals surface area contributed by atoms with Crippen LogP contribution in [0.1, 0.15) is 1.43 Å². The minimum atomic E-state index is -0.139. The van der Waals surface area contributed by atoms with E-state index >= 15 is 0 Å². The van der Waals surface area contributed by atoms with Gasteiger partial charge in [-0.3, -0.25) is 9.46 Å². The fourth-order valence-corrected chi connectivity index (χ4v) is 0.820. The van der Waals surface area contributed by atoms with E-state index in [1.807, 2.05) is 4.67 Å². The maximum Gasteiger partial charge on any atom is 0.324 e. The Morgan fingerprint density at radius 1 is 2.12 bits per heavy atom. The number of methoxy groups -OCH3 is 1. The Morgan fingerprint density at radius 2 is 2.62 bits per heavy atom. The van der Waals surface area contributed by atoms with Crippen LogP contribution in [0.25, 0.3) is 0 Å². The van der Waals surface area contributed by atoms with Crippen molar-refractivity contribution in [2.24, 2.45) is 0 Å². The van der Waals surface area contributed by atoms with E-state index in [-0.39, 0.29) is 13.4 Å². The van der Waals surface area contributed by atoms with Crippen LogP contribution >= 0.6 is 9.39 Å². The van der Waals surface area contributed by atoms with E-state index in [1.54, 1.807) is 0 Å². The molecule has 3 atom stereocenters. The predicted octanol–water partition coefficient (Wildman–Crippen LogP) is -0.120. The van der Waals surface area contributed by atoms with Crippen molar-refractivity contribution in [1.82, 2.24) is 4.67 Å². The zero-order valence-electron chi connectivity index (χ0n) is 4.63. The van der Waals surface area contributed by atoms with Gasteiger partial charge in [0.05, 0.1) is 7.11 Å². The molecule has 0 radical (unpaired) electrons. The first-order valence-corrected chi connectivity index (χ1v) is 2.86. The summed E-state index contributed by atoms with van der Waals surface area (Å²) in [5, 5.41) is 0. The van der Waals surface area contributed by atoms with Crippen molar-refractivity contribution in [3.8, 4) is 0 Å². The smallest absolute Gasteiger partial charge is 0.324 e. The highest BCUT2D eigenvalue weighted by Gasteiger charge is 2.37. The molecule has 0 aliphatic carbocycles. The molecule has 3 nitrogen and oxygen atoms in total. The third-order valence-electron chi connectivity index (χ3n) is 1.12. The number of carbonyl (C=O) groups excluding carboxylic acids is 1. The van der Waals surface area contributed by atoms with Gasteiger partial charge in [0, 0.05) is 7.97 Å². The molecule has 4 heteroatoms. The normalized spacial score (nSPS) is 34.2. The number of hydrogen-bond acceptors (Lipinski definition) is 3. The van der Waals surface area contributed by atoms with Crippen LogP contribution in [-0.2, 0) is 9.53 Å². The summed E-state index contributed by atoms with van der Waals surface area (Å²) < 4.78 is 6.29. The molecule has 1 aliphatic heterocycles. The molecular weight excluding hydrogens is 125 g/mol. The lowest BCUT2D eigenvalue weighted by Crippen LogP contribution is -2.10. The third-order valence-corrected chi connectivity index (χ3v) is 1.69. The minimum Gasteiger partial charge on any atom is -0.468 e. The molecule has 0 aromatic carbocycles. The topological polar surface area (TPSA) is 29.3 Å². The van der Waals surface area contributed by atoms with Crippen LogP contribution in [0, 0.1) is 0 Å². The monoisotopic (exact) mass is 136 g/mol. The Balaban J connectivity index is 0.000000640. The molecule has 1 aliphatic rings. The average Bonchev–Trinajstić information content (AvgIpc) is 2.45. The molecule has 48 valence electrons. The molecule has 8 heavy (non-hydrogen) atoms. The Kier molecular flexibility index (Phi) is 1.49. The van der Waals surface area contributed by atoms with Gasteiger partial charge in [-0.25, -0.2) is 0 Å². The summed E-state index contributed by atoms with van der Waals surface area (Å²) in [5.41, 5.74) is 0. The quantitative estimate of drug-likeness (QED) is 0.286. The molecule has 0 spiro atoms. The van der Waals surface area contributed by atoms with Gasteiger partial charge < -0.3 is 4.74 Å². The second-order valence-corrected chi connectivity index (χ2v) is 2.40. The summed E-state index contributed by atoms with van der Waals surface area (Å²) in [6, 6.07) is 0.0185. The molecule has 0 aromatic heterocycles.